The second kappa shape index (κ2) is 2.42. The summed E-state index contributed by atoms with van der Waals surface area (Å²) in [6.07, 6.45) is 2.10. The van der Waals surface area contributed by atoms with Gasteiger partial charge in [-0.25, -0.2) is 8.78 Å². The fourth-order valence-corrected chi connectivity index (χ4v) is 2.78. The molecule has 0 radical (unpaired) electrons. The predicted molar refractivity (Wildman–Crippen MR) is 41.6 cm³/mol. The maximum Gasteiger partial charge on any atom is 0.304 e. The molecule has 1 N–H and O–H groups in total. The fraction of sp³-hybridized carbons (Fsp3) is 0.889. The van der Waals surface area contributed by atoms with Crippen molar-refractivity contribution >= 4 is 5.97 Å². The third-order valence-corrected chi connectivity index (χ3v) is 3.52. The molecule has 2 rings (SSSR count). The number of aliphatic carboxylic acids is 1. The Hall–Kier alpha value is -0.670. The smallest absolute Gasteiger partial charge is 0.304 e. The lowest BCUT2D eigenvalue weighted by Crippen LogP contribution is -2.17. The summed E-state index contributed by atoms with van der Waals surface area (Å²) in [4.78, 5) is 10.5. The third-order valence-electron chi connectivity index (χ3n) is 3.52. The van der Waals surface area contributed by atoms with Crippen molar-refractivity contribution in [3.8, 4) is 0 Å². The number of rotatable bonds is 2. The standard InChI is InChI=1S/C9H12F2O2/c10-9(11)6-3-1-2-4-8(6,9)5-7(12)13/h6H,1-5H2,(H,12,13)/t6-,8-/m1/s1. The number of hydrogen-bond acceptors (Lipinski definition) is 1. The lowest BCUT2D eigenvalue weighted by atomic mass is 9.86. The predicted octanol–water partition coefficient (Wildman–Crippen LogP) is 2.29. The molecular weight excluding hydrogens is 178 g/mol. The van der Waals surface area contributed by atoms with Gasteiger partial charge >= 0.3 is 5.97 Å². The van der Waals surface area contributed by atoms with Crippen LogP contribution in [0.1, 0.15) is 32.1 Å². The first-order valence-corrected chi connectivity index (χ1v) is 4.60. The quantitative estimate of drug-likeness (QED) is 0.725. The van der Waals surface area contributed by atoms with Gasteiger partial charge in [-0.3, -0.25) is 4.79 Å². The minimum absolute atomic E-state index is 0.356. The molecule has 0 aliphatic heterocycles. The van der Waals surface area contributed by atoms with E-state index in [0.29, 0.717) is 12.8 Å². The van der Waals surface area contributed by atoms with Crippen LogP contribution < -0.4 is 0 Å². The molecule has 4 heteroatoms. The molecule has 0 bridgehead atoms. The zero-order valence-electron chi connectivity index (χ0n) is 7.22. The maximum atomic E-state index is 13.3. The Morgan fingerprint density at radius 3 is 2.69 bits per heavy atom. The molecule has 2 atom stereocenters. The van der Waals surface area contributed by atoms with Crippen LogP contribution in [0.4, 0.5) is 8.78 Å². The van der Waals surface area contributed by atoms with Crippen molar-refractivity contribution < 1.29 is 18.7 Å². The molecule has 0 aromatic carbocycles. The molecule has 2 nitrogen and oxygen atoms in total. The van der Waals surface area contributed by atoms with Crippen LogP contribution in [0.2, 0.25) is 0 Å². The molecule has 0 aromatic rings. The number of carboxylic acid groups (broad SMARTS) is 1. The summed E-state index contributed by atoms with van der Waals surface area (Å²) in [6.45, 7) is 0. The van der Waals surface area contributed by atoms with E-state index in [4.69, 9.17) is 5.11 Å². The average molecular weight is 190 g/mol. The number of carbonyl (C=O) groups is 1. The van der Waals surface area contributed by atoms with Gasteiger partial charge in [-0.2, -0.15) is 0 Å². The van der Waals surface area contributed by atoms with E-state index in [9.17, 15) is 13.6 Å². The van der Waals surface area contributed by atoms with Gasteiger partial charge in [0.2, 0.25) is 0 Å². The molecule has 0 aromatic heterocycles. The molecule has 0 unspecified atom stereocenters. The summed E-state index contributed by atoms with van der Waals surface area (Å²) < 4.78 is 26.5. The molecule has 0 heterocycles. The van der Waals surface area contributed by atoms with Gasteiger partial charge in [0.1, 0.15) is 0 Å². The highest BCUT2D eigenvalue weighted by molar-refractivity contribution is 5.69. The second-order valence-electron chi connectivity index (χ2n) is 4.15. The van der Waals surface area contributed by atoms with Crippen molar-refractivity contribution in [3.63, 3.8) is 0 Å². The Bertz CT molecular complexity index is 252. The van der Waals surface area contributed by atoms with Gasteiger partial charge in [0.25, 0.3) is 5.92 Å². The molecule has 2 fully saturated rings. The van der Waals surface area contributed by atoms with E-state index in [0.717, 1.165) is 12.8 Å². The van der Waals surface area contributed by atoms with E-state index < -0.39 is 23.2 Å². The molecule has 13 heavy (non-hydrogen) atoms. The Kier molecular flexibility index (Phi) is 1.66. The Morgan fingerprint density at radius 2 is 2.15 bits per heavy atom. The van der Waals surface area contributed by atoms with E-state index in [1.54, 1.807) is 0 Å². The van der Waals surface area contributed by atoms with Gasteiger partial charge in [-0.15, -0.1) is 0 Å². The largest absolute Gasteiger partial charge is 0.481 e. The maximum absolute atomic E-state index is 13.3. The normalized spacial score (nSPS) is 40.9. The molecule has 74 valence electrons. The minimum atomic E-state index is -2.71. The Morgan fingerprint density at radius 1 is 1.46 bits per heavy atom. The summed E-state index contributed by atoms with van der Waals surface area (Å²) in [7, 11) is 0. The number of carboxylic acids is 1. The minimum Gasteiger partial charge on any atom is -0.481 e. The first kappa shape index (κ1) is 8.91. The van der Waals surface area contributed by atoms with Crippen LogP contribution in [0.5, 0.6) is 0 Å². The molecule has 0 amide bonds. The number of alkyl halides is 2. The van der Waals surface area contributed by atoms with E-state index in [1.165, 1.54) is 0 Å². The van der Waals surface area contributed by atoms with E-state index in [-0.39, 0.29) is 6.42 Å². The van der Waals surface area contributed by atoms with Gasteiger partial charge < -0.3 is 5.11 Å². The van der Waals surface area contributed by atoms with E-state index in [2.05, 4.69) is 0 Å². The molecule has 0 saturated heterocycles. The molecule has 2 aliphatic carbocycles. The van der Waals surface area contributed by atoms with Gasteiger partial charge in [-0.1, -0.05) is 12.8 Å². The van der Waals surface area contributed by atoms with Crippen molar-refractivity contribution in [1.82, 2.24) is 0 Å². The molecular formula is C9H12F2O2. The first-order valence-electron chi connectivity index (χ1n) is 4.60. The van der Waals surface area contributed by atoms with Crippen molar-refractivity contribution in [2.24, 2.45) is 11.3 Å². The summed E-state index contributed by atoms with van der Waals surface area (Å²) in [5.74, 6) is -4.45. The highest BCUT2D eigenvalue weighted by Crippen LogP contribution is 2.73. The Balaban J connectivity index is 2.16. The fourth-order valence-electron chi connectivity index (χ4n) is 2.78. The van der Waals surface area contributed by atoms with Crippen LogP contribution in [0.15, 0.2) is 0 Å². The van der Waals surface area contributed by atoms with Crippen molar-refractivity contribution in [1.29, 1.82) is 0 Å². The van der Waals surface area contributed by atoms with Crippen LogP contribution in [0.25, 0.3) is 0 Å². The van der Waals surface area contributed by atoms with Crippen molar-refractivity contribution in [2.75, 3.05) is 0 Å². The number of halogens is 2. The summed E-state index contributed by atoms with van der Waals surface area (Å²) >= 11 is 0. The van der Waals surface area contributed by atoms with Crippen molar-refractivity contribution in [3.05, 3.63) is 0 Å². The average Bonchev–Trinajstić information content (AvgIpc) is 2.48. The number of fused-ring (bicyclic) bond motifs is 1. The Labute approximate surface area is 74.9 Å². The van der Waals surface area contributed by atoms with Gasteiger partial charge in [0, 0.05) is 5.92 Å². The first-order chi connectivity index (χ1) is 6.01. The van der Waals surface area contributed by atoms with Crippen LogP contribution in [-0.4, -0.2) is 17.0 Å². The highest BCUT2D eigenvalue weighted by Gasteiger charge is 2.80. The second-order valence-corrected chi connectivity index (χ2v) is 4.15. The van der Waals surface area contributed by atoms with Crippen LogP contribution in [0, 0.1) is 11.3 Å². The summed E-state index contributed by atoms with van der Waals surface area (Å²) in [5.41, 5.74) is -1.17. The monoisotopic (exact) mass is 190 g/mol. The molecule has 0 spiro atoms. The van der Waals surface area contributed by atoms with Crippen LogP contribution in [0.3, 0.4) is 0 Å². The van der Waals surface area contributed by atoms with Crippen LogP contribution >= 0.6 is 0 Å². The zero-order chi connectivity index (χ0) is 9.69. The van der Waals surface area contributed by atoms with Gasteiger partial charge in [0.05, 0.1) is 11.8 Å². The molecule has 2 aliphatic rings. The van der Waals surface area contributed by atoms with E-state index in [1.807, 2.05) is 0 Å². The summed E-state index contributed by atoms with van der Waals surface area (Å²) in [6, 6.07) is 0. The SMILES string of the molecule is O=C(O)C[C@]12CCCC[C@H]1C2(F)F. The highest BCUT2D eigenvalue weighted by atomic mass is 19.3. The van der Waals surface area contributed by atoms with Gasteiger partial charge in [-0.05, 0) is 12.8 Å². The van der Waals surface area contributed by atoms with Gasteiger partial charge in [0.15, 0.2) is 0 Å². The lowest BCUT2D eigenvalue weighted by Gasteiger charge is -2.17. The topological polar surface area (TPSA) is 37.3 Å². The lowest BCUT2D eigenvalue weighted by molar-refractivity contribution is -0.139. The third kappa shape index (κ3) is 1.00. The summed E-state index contributed by atoms with van der Waals surface area (Å²) in [5, 5.41) is 8.56. The van der Waals surface area contributed by atoms with E-state index >= 15 is 0 Å². The van der Waals surface area contributed by atoms with Crippen LogP contribution in [-0.2, 0) is 4.79 Å². The van der Waals surface area contributed by atoms with Crippen molar-refractivity contribution in [2.45, 2.75) is 38.0 Å². The molecule has 2 saturated carbocycles. The zero-order valence-corrected chi connectivity index (χ0v) is 7.22. The number of hydrogen-bond donors (Lipinski definition) is 1.